The Labute approximate surface area is 108 Å². The highest BCUT2D eigenvalue weighted by molar-refractivity contribution is 5.57. The van der Waals surface area contributed by atoms with Gasteiger partial charge in [0.2, 0.25) is 0 Å². The van der Waals surface area contributed by atoms with E-state index in [1.165, 1.54) is 5.56 Å². The van der Waals surface area contributed by atoms with E-state index < -0.39 is 0 Å². The van der Waals surface area contributed by atoms with Crippen LogP contribution in [0.1, 0.15) is 25.3 Å². The van der Waals surface area contributed by atoms with Gasteiger partial charge in [-0.05, 0) is 31.4 Å². The first-order valence-corrected chi connectivity index (χ1v) is 6.53. The molecule has 0 radical (unpaired) electrons. The predicted octanol–water partition coefficient (Wildman–Crippen LogP) is 2.25. The summed E-state index contributed by atoms with van der Waals surface area (Å²) < 4.78 is 1.89. The van der Waals surface area contributed by atoms with E-state index in [2.05, 4.69) is 41.5 Å². The molecule has 0 aliphatic carbocycles. The number of hydrogen-bond donors (Lipinski definition) is 1. The molecule has 0 atom stereocenters. The molecule has 0 unspecified atom stereocenters. The molecule has 2 aromatic rings. The average Bonchev–Trinajstić information content (AvgIpc) is 2.88. The SMILES string of the molecule is CCc1ccc(-c2cn(CCCCN)nn2)cc1. The molecule has 0 fully saturated rings. The summed E-state index contributed by atoms with van der Waals surface area (Å²) in [6.07, 6.45) is 5.14. The van der Waals surface area contributed by atoms with Crippen molar-refractivity contribution in [3.63, 3.8) is 0 Å². The van der Waals surface area contributed by atoms with Crippen molar-refractivity contribution < 1.29 is 0 Å². The van der Waals surface area contributed by atoms with Crippen LogP contribution in [0.5, 0.6) is 0 Å². The molecule has 2 N–H and O–H groups in total. The standard InChI is InChI=1S/C14H20N4/c1-2-12-5-7-13(8-6-12)14-11-18(17-16-14)10-4-3-9-15/h5-8,11H,2-4,9-10,15H2,1H3. The molecular formula is C14H20N4. The Morgan fingerprint density at radius 2 is 1.94 bits per heavy atom. The van der Waals surface area contributed by atoms with Crippen molar-refractivity contribution in [3.8, 4) is 11.3 Å². The lowest BCUT2D eigenvalue weighted by molar-refractivity contribution is 0.544. The Morgan fingerprint density at radius 3 is 2.61 bits per heavy atom. The Hall–Kier alpha value is -1.68. The zero-order valence-corrected chi connectivity index (χ0v) is 10.8. The fraction of sp³-hybridized carbons (Fsp3) is 0.429. The zero-order chi connectivity index (χ0) is 12.8. The third-order valence-electron chi connectivity index (χ3n) is 3.04. The summed E-state index contributed by atoms with van der Waals surface area (Å²) >= 11 is 0. The van der Waals surface area contributed by atoms with Gasteiger partial charge >= 0.3 is 0 Å². The number of unbranched alkanes of at least 4 members (excludes halogenated alkanes) is 1. The first kappa shape index (κ1) is 12.8. The van der Waals surface area contributed by atoms with E-state index in [0.29, 0.717) is 0 Å². The number of hydrogen-bond acceptors (Lipinski definition) is 3. The van der Waals surface area contributed by atoms with Crippen molar-refractivity contribution in [2.24, 2.45) is 5.73 Å². The average molecular weight is 244 g/mol. The van der Waals surface area contributed by atoms with E-state index in [4.69, 9.17) is 5.73 Å². The van der Waals surface area contributed by atoms with Gasteiger partial charge in [0.1, 0.15) is 5.69 Å². The van der Waals surface area contributed by atoms with Crippen LogP contribution in [0.4, 0.5) is 0 Å². The molecule has 0 amide bonds. The fourth-order valence-electron chi connectivity index (χ4n) is 1.87. The molecule has 4 heteroatoms. The molecule has 2 rings (SSSR count). The highest BCUT2D eigenvalue weighted by Crippen LogP contribution is 2.17. The van der Waals surface area contributed by atoms with E-state index in [9.17, 15) is 0 Å². The minimum Gasteiger partial charge on any atom is -0.330 e. The summed E-state index contributed by atoms with van der Waals surface area (Å²) in [7, 11) is 0. The lowest BCUT2D eigenvalue weighted by Gasteiger charge is -1.99. The van der Waals surface area contributed by atoms with Gasteiger partial charge in [-0.25, -0.2) is 0 Å². The van der Waals surface area contributed by atoms with E-state index in [0.717, 1.165) is 43.6 Å². The number of nitrogens with zero attached hydrogens (tertiary/aromatic N) is 3. The van der Waals surface area contributed by atoms with Crippen LogP contribution in [0.15, 0.2) is 30.5 Å². The van der Waals surface area contributed by atoms with Crippen LogP contribution in [0.25, 0.3) is 11.3 Å². The van der Waals surface area contributed by atoms with Gasteiger partial charge in [0, 0.05) is 12.1 Å². The topological polar surface area (TPSA) is 56.7 Å². The van der Waals surface area contributed by atoms with Crippen LogP contribution in [-0.4, -0.2) is 21.5 Å². The number of benzene rings is 1. The third kappa shape index (κ3) is 3.17. The molecular weight excluding hydrogens is 224 g/mol. The molecule has 18 heavy (non-hydrogen) atoms. The number of aromatic nitrogens is 3. The van der Waals surface area contributed by atoms with Crippen LogP contribution in [-0.2, 0) is 13.0 Å². The summed E-state index contributed by atoms with van der Waals surface area (Å²) in [4.78, 5) is 0. The second-order valence-electron chi connectivity index (χ2n) is 4.41. The molecule has 0 bridgehead atoms. The summed E-state index contributed by atoms with van der Waals surface area (Å²) in [6.45, 7) is 3.78. The number of nitrogens with two attached hydrogens (primary N) is 1. The molecule has 0 saturated heterocycles. The first-order valence-electron chi connectivity index (χ1n) is 6.53. The fourth-order valence-corrected chi connectivity index (χ4v) is 1.87. The van der Waals surface area contributed by atoms with Crippen LogP contribution < -0.4 is 5.73 Å². The van der Waals surface area contributed by atoms with E-state index in [-0.39, 0.29) is 0 Å². The van der Waals surface area contributed by atoms with Crippen LogP contribution in [0.2, 0.25) is 0 Å². The molecule has 0 aliphatic rings. The van der Waals surface area contributed by atoms with Crippen LogP contribution >= 0.6 is 0 Å². The summed E-state index contributed by atoms with van der Waals surface area (Å²) in [5.41, 5.74) is 8.87. The number of aryl methyl sites for hydroxylation is 2. The minimum absolute atomic E-state index is 0.736. The summed E-state index contributed by atoms with van der Waals surface area (Å²) in [5.74, 6) is 0. The van der Waals surface area contributed by atoms with Crippen molar-refractivity contribution >= 4 is 0 Å². The largest absolute Gasteiger partial charge is 0.330 e. The van der Waals surface area contributed by atoms with Crippen LogP contribution in [0.3, 0.4) is 0 Å². The second-order valence-corrected chi connectivity index (χ2v) is 4.41. The maximum absolute atomic E-state index is 5.47. The summed E-state index contributed by atoms with van der Waals surface area (Å²) in [6, 6.07) is 8.49. The van der Waals surface area contributed by atoms with Crippen molar-refractivity contribution in [2.45, 2.75) is 32.7 Å². The maximum atomic E-state index is 5.47. The first-order chi connectivity index (χ1) is 8.83. The Morgan fingerprint density at radius 1 is 1.17 bits per heavy atom. The Balaban J connectivity index is 2.04. The Bertz CT molecular complexity index is 473. The highest BCUT2D eigenvalue weighted by Gasteiger charge is 2.03. The number of rotatable bonds is 6. The molecule has 0 saturated carbocycles. The monoisotopic (exact) mass is 244 g/mol. The van der Waals surface area contributed by atoms with Gasteiger partial charge in [0.25, 0.3) is 0 Å². The predicted molar refractivity (Wildman–Crippen MR) is 73.1 cm³/mol. The van der Waals surface area contributed by atoms with Gasteiger partial charge in [0.05, 0.1) is 6.20 Å². The Kier molecular flexibility index (Phi) is 4.47. The molecule has 0 spiro atoms. The lowest BCUT2D eigenvalue weighted by atomic mass is 10.1. The van der Waals surface area contributed by atoms with Gasteiger partial charge in [-0.1, -0.05) is 36.4 Å². The smallest absolute Gasteiger partial charge is 0.113 e. The normalized spacial score (nSPS) is 10.8. The lowest BCUT2D eigenvalue weighted by Crippen LogP contribution is -2.03. The van der Waals surface area contributed by atoms with Gasteiger partial charge in [0.15, 0.2) is 0 Å². The highest BCUT2D eigenvalue weighted by atomic mass is 15.4. The molecule has 4 nitrogen and oxygen atoms in total. The minimum atomic E-state index is 0.736. The second kappa shape index (κ2) is 6.31. The summed E-state index contributed by atoms with van der Waals surface area (Å²) in [5, 5.41) is 8.34. The molecule has 0 aliphatic heterocycles. The van der Waals surface area contributed by atoms with E-state index in [1.54, 1.807) is 0 Å². The molecule has 1 aromatic heterocycles. The van der Waals surface area contributed by atoms with E-state index in [1.807, 2.05) is 10.9 Å². The van der Waals surface area contributed by atoms with Gasteiger partial charge in [-0.2, -0.15) is 0 Å². The van der Waals surface area contributed by atoms with Crippen molar-refractivity contribution in [3.05, 3.63) is 36.0 Å². The maximum Gasteiger partial charge on any atom is 0.113 e. The van der Waals surface area contributed by atoms with Gasteiger partial charge < -0.3 is 5.73 Å². The van der Waals surface area contributed by atoms with Crippen molar-refractivity contribution in [1.82, 2.24) is 15.0 Å². The zero-order valence-electron chi connectivity index (χ0n) is 10.8. The molecule has 96 valence electrons. The van der Waals surface area contributed by atoms with Gasteiger partial charge in [-0.3, -0.25) is 4.68 Å². The van der Waals surface area contributed by atoms with E-state index >= 15 is 0 Å². The quantitative estimate of drug-likeness (QED) is 0.793. The molecule has 1 heterocycles. The third-order valence-corrected chi connectivity index (χ3v) is 3.04. The van der Waals surface area contributed by atoms with Gasteiger partial charge in [-0.15, -0.1) is 5.10 Å². The van der Waals surface area contributed by atoms with Crippen LogP contribution in [0, 0.1) is 0 Å². The van der Waals surface area contributed by atoms with Crippen molar-refractivity contribution in [2.75, 3.05) is 6.54 Å². The van der Waals surface area contributed by atoms with Crippen molar-refractivity contribution in [1.29, 1.82) is 0 Å². The molecule has 1 aromatic carbocycles.